The number of rotatable bonds is 8. The maximum atomic E-state index is 12.7. The molecule has 1 saturated heterocycles. The number of ether oxygens (including phenoxy) is 2. The van der Waals surface area contributed by atoms with Gasteiger partial charge in [-0.1, -0.05) is 19.9 Å². The lowest BCUT2D eigenvalue weighted by molar-refractivity contribution is -0.156. The molecule has 1 aromatic carbocycles. The van der Waals surface area contributed by atoms with E-state index in [9.17, 15) is 18.0 Å². The summed E-state index contributed by atoms with van der Waals surface area (Å²) in [6.07, 6.45) is 0.771. The number of anilines is 1. The Morgan fingerprint density at radius 1 is 1.30 bits per heavy atom. The second-order valence-electron chi connectivity index (χ2n) is 6.23. The average Bonchev–Trinajstić information content (AvgIpc) is 3.16. The molecule has 150 valence electrons. The van der Waals surface area contributed by atoms with Gasteiger partial charge in [0.2, 0.25) is 10.0 Å². The summed E-state index contributed by atoms with van der Waals surface area (Å²) in [7, 11) is -3.65. The van der Waals surface area contributed by atoms with Crippen molar-refractivity contribution in [1.29, 1.82) is 0 Å². The number of hydrogen-bond donors (Lipinski definition) is 1. The third kappa shape index (κ3) is 5.27. The first-order valence-electron chi connectivity index (χ1n) is 8.98. The fraction of sp³-hybridized carbons (Fsp3) is 0.556. The summed E-state index contributed by atoms with van der Waals surface area (Å²) in [4.78, 5) is 23.9. The van der Waals surface area contributed by atoms with Crippen LogP contribution in [0.15, 0.2) is 23.1 Å². The first kappa shape index (κ1) is 21.3. The maximum Gasteiger partial charge on any atom is 0.335 e. The highest BCUT2D eigenvalue weighted by molar-refractivity contribution is 7.89. The predicted octanol–water partition coefficient (Wildman–Crippen LogP) is 1.69. The van der Waals surface area contributed by atoms with Crippen LogP contribution in [0.5, 0.6) is 0 Å². The topological polar surface area (TPSA) is 102 Å². The zero-order valence-corrected chi connectivity index (χ0v) is 16.7. The number of esters is 1. The van der Waals surface area contributed by atoms with Crippen LogP contribution in [0.1, 0.15) is 32.3 Å². The Labute approximate surface area is 159 Å². The molecule has 1 aromatic rings. The van der Waals surface area contributed by atoms with E-state index in [1.165, 1.54) is 10.4 Å². The smallest absolute Gasteiger partial charge is 0.335 e. The molecule has 0 saturated carbocycles. The van der Waals surface area contributed by atoms with Gasteiger partial charge in [-0.15, -0.1) is 0 Å². The van der Waals surface area contributed by atoms with Crippen molar-refractivity contribution in [3.8, 4) is 0 Å². The highest BCUT2D eigenvalue weighted by Gasteiger charge is 2.26. The molecule has 0 unspecified atom stereocenters. The zero-order chi connectivity index (χ0) is 20.0. The summed E-state index contributed by atoms with van der Waals surface area (Å²) >= 11 is 0. The summed E-state index contributed by atoms with van der Waals surface area (Å²) in [6.45, 7) is 6.01. The van der Waals surface area contributed by atoms with Gasteiger partial charge in [-0.05, 0) is 37.5 Å². The van der Waals surface area contributed by atoms with E-state index >= 15 is 0 Å². The van der Waals surface area contributed by atoms with Gasteiger partial charge in [0.05, 0.1) is 4.90 Å². The number of carbonyl (C=O) groups excluding carboxylic acids is 2. The Balaban J connectivity index is 2.04. The Hall–Kier alpha value is -1.97. The monoisotopic (exact) mass is 398 g/mol. The number of carbonyl (C=O) groups is 2. The van der Waals surface area contributed by atoms with E-state index in [0.717, 1.165) is 6.42 Å². The van der Waals surface area contributed by atoms with Crippen LogP contribution in [0, 0.1) is 6.92 Å². The molecule has 1 amide bonds. The van der Waals surface area contributed by atoms with Crippen molar-refractivity contribution in [3.63, 3.8) is 0 Å². The molecule has 0 aliphatic carbocycles. The number of benzene rings is 1. The third-order valence-corrected chi connectivity index (χ3v) is 6.53. The molecule has 0 radical (unpaired) electrons. The van der Waals surface area contributed by atoms with E-state index in [1.807, 2.05) is 0 Å². The maximum absolute atomic E-state index is 12.7. The molecular formula is C18H26N2O6S. The van der Waals surface area contributed by atoms with Gasteiger partial charge in [-0.3, -0.25) is 4.79 Å². The van der Waals surface area contributed by atoms with Crippen LogP contribution in [0.2, 0.25) is 0 Å². The van der Waals surface area contributed by atoms with Crippen LogP contribution < -0.4 is 5.32 Å². The summed E-state index contributed by atoms with van der Waals surface area (Å²) in [5.41, 5.74) is 0.911. The van der Waals surface area contributed by atoms with Crippen molar-refractivity contribution in [1.82, 2.24) is 4.31 Å². The van der Waals surface area contributed by atoms with E-state index in [1.54, 1.807) is 32.9 Å². The van der Waals surface area contributed by atoms with E-state index in [2.05, 4.69) is 5.32 Å². The molecule has 0 spiro atoms. The fourth-order valence-electron chi connectivity index (χ4n) is 2.85. The summed E-state index contributed by atoms with van der Waals surface area (Å²) < 4.78 is 37.0. The van der Waals surface area contributed by atoms with Gasteiger partial charge in [0.15, 0.2) is 12.7 Å². The van der Waals surface area contributed by atoms with Gasteiger partial charge in [0.25, 0.3) is 5.91 Å². The molecule has 27 heavy (non-hydrogen) atoms. The van der Waals surface area contributed by atoms with E-state index < -0.39 is 34.6 Å². The molecule has 1 heterocycles. The van der Waals surface area contributed by atoms with E-state index in [0.29, 0.717) is 37.4 Å². The average molecular weight is 398 g/mol. The molecule has 1 fully saturated rings. The molecule has 1 N–H and O–H groups in total. The van der Waals surface area contributed by atoms with Crippen molar-refractivity contribution in [2.45, 2.75) is 44.6 Å². The minimum Gasteiger partial charge on any atom is -0.454 e. The lowest BCUT2D eigenvalue weighted by Gasteiger charge is -2.20. The van der Waals surface area contributed by atoms with Crippen molar-refractivity contribution in [3.05, 3.63) is 23.8 Å². The largest absolute Gasteiger partial charge is 0.454 e. The SMILES string of the molecule is CCN(CC)S(=O)(=O)c1cc(NC(=O)COC(=O)[C@H]2CCCO2)ccc1C. The molecule has 1 aliphatic heterocycles. The van der Waals surface area contributed by atoms with Gasteiger partial charge < -0.3 is 14.8 Å². The van der Waals surface area contributed by atoms with Crippen LogP contribution >= 0.6 is 0 Å². The van der Waals surface area contributed by atoms with Gasteiger partial charge in [-0.2, -0.15) is 4.31 Å². The van der Waals surface area contributed by atoms with Gasteiger partial charge >= 0.3 is 5.97 Å². The number of nitrogens with zero attached hydrogens (tertiary/aromatic N) is 1. The molecule has 2 rings (SSSR count). The minimum atomic E-state index is -3.65. The summed E-state index contributed by atoms with van der Waals surface area (Å²) in [5, 5.41) is 2.56. The molecule has 0 bridgehead atoms. The normalized spacial score (nSPS) is 17.1. The first-order chi connectivity index (χ1) is 12.8. The highest BCUT2D eigenvalue weighted by atomic mass is 32.2. The van der Waals surface area contributed by atoms with Crippen LogP contribution in [0.4, 0.5) is 5.69 Å². The quantitative estimate of drug-likeness (QED) is 0.669. The Bertz CT molecular complexity index is 783. The van der Waals surface area contributed by atoms with Crippen molar-refractivity contribution >= 4 is 27.6 Å². The van der Waals surface area contributed by atoms with Crippen molar-refractivity contribution < 1.29 is 27.5 Å². The van der Waals surface area contributed by atoms with Gasteiger partial charge in [0, 0.05) is 25.4 Å². The molecule has 0 aromatic heterocycles. The van der Waals surface area contributed by atoms with Crippen molar-refractivity contribution in [2.24, 2.45) is 0 Å². The lowest BCUT2D eigenvalue weighted by Crippen LogP contribution is -2.31. The Morgan fingerprint density at radius 2 is 2.00 bits per heavy atom. The number of amides is 1. The van der Waals surface area contributed by atoms with Crippen LogP contribution in [-0.2, 0) is 29.1 Å². The molecule has 9 heteroatoms. The van der Waals surface area contributed by atoms with Crippen LogP contribution in [0.25, 0.3) is 0 Å². The third-order valence-electron chi connectivity index (χ3n) is 4.33. The second kappa shape index (κ2) is 9.29. The zero-order valence-electron chi connectivity index (χ0n) is 15.9. The Morgan fingerprint density at radius 3 is 2.59 bits per heavy atom. The van der Waals surface area contributed by atoms with Gasteiger partial charge in [-0.25, -0.2) is 13.2 Å². The van der Waals surface area contributed by atoms with Gasteiger partial charge in [0.1, 0.15) is 0 Å². The van der Waals surface area contributed by atoms with E-state index in [4.69, 9.17) is 9.47 Å². The van der Waals surface area contributed by atoms with Crippen molar-refractivity contribution in [2.75, 3.05) is 31.6 Å². The fourth-order valence-corrected chi connectivity index (χ4v) is 4.56. The van der Waals surface area contributed by atoms with Crippen LogP contribution in [0.3, 0.4) is 0 Å². The summed E-state index contributed by atoms with van der Waals surface area (Å²) in [6, 6.07) is 4.66. The lowest BCUT2D eigenvalue weighted by atomic mass is 10.2. The molecule has 8 nitrogen and oxygen atoms in total. The number of aryl methyl sites for hydroxylation is 1. The Kier molecular flexibility index (Phi) is 7.34. The standard InChI is InChI=1S/C18H26N2O6S/c1-4-20(5-2)27(23,24)16-11-14(9-8-13(16)3)19-17(21)12-26-18(22)15-7-6-10-25-15/h8-9,11,15H,4-7,10,12H2,1-3H3,(H,19,21)/t15-/m1/s1. The number of hydrogen-bond acceptors (Lipinski definition) is 6. The highest BCUT2D eigenvalue weighted by Crippen LogP contribution is 2.23. The first-order valence-corrected chi connectivity index (χ1v) is 10.4. The number of nitrogens with one attached hydrogen (secondary N) is 1. The summed E-state index contributed by atoms with van der Waals surface area (Å²) in [5.74, 6) is -1.10. The molecule has 1 aliphatic rings. The minimum absolute atomic E-state index is 0.139. The predicted molar refractivity (Wildman–Crippen MR) is 99.8 cm³/mol. The second-order valence-corrected chi connectivity index (χ2v) is 8.13. The van der Waals surface area contributed by atoms with Crippen LogP contribution in [-0.4, -0.2) is 57.0 Å². The molecular weight excluding hydrogens is 372 g/mol. The number of sulfonamides is 1. The van der Waals surface area contributed by atoms with E-state index in [-0.39, 0.29) is 4.90 Å². The molecule has 1 atom stereocenters.